The molecule has 0 N–H and O–H groups in total. The molecule has 1 saturated heterocycles. The molecular formula is C13H17N3O2. The minimum absolute atomic E-state index is 0.0226. The van der Waals surface area contributed by atoms with E-state index in [1.807, 2.05) is 19.3 Å². The van der Waals surface area contributed by atoms with Crippen LogP contribution in [0.2, 0.25) is 0 Å². The fraction of sp³-hybridized carbons (Fsp3) is 0.538. The highest BCUT2D eigenvalue weighted by Crippen LogP contribution is 2.33. The van der Waals surface area contributed by atoms with Gasteiger partial charge < -0.3 is 9.47 Å². The minimum Gasteiger partial charge on any atom is -0.479 e. The molecule has 96 valence electrons. The van der Waals surface area contributed by atoms with Crippen LogP contribution in [0.15, 0.2) is 12.4 Å². The van der Waals surface area contributed by atoms with Crippen molar-refractivity contribution in [2.24, 2.45) is 0 Å². The van der Waals surface area contributed by atoms with Crippen LogP contribution in [0.5, 0.6) is 5.88 Å². The van der Waals surface area contributed by atoms with Crippen molar-refractivity contribution >= 4 is 5.52 Å². The average molecular weight is 247 g/mol. The van der Waals surface area contributed by atoms with Gasteiger partial charge in [0.25, 0.3) is 0 Å². The lowest BCUT2D eigenvalue weighted by Gasteiger charge is -2.20. The second-order valence-electron chi connectivity index (χ2n) is 5.09. The summed E-state index contributed by atoms with van der Waals surface area (Å²) in [5.41, 5.74) is 1.80. The number of hydrogen-bond acceptors (Lipinski definition) is 4. The Morgan fingerprint density at radius 3 is 3.00 bits per heavy atom. The van der Waals surface area contributed by atoms with Crippen molar-refractivity contribution < 1.29 is 9.47 Å². The Labute approximate surface area is 106 Å². The van der Waals surface area contributed by atoms with E-state index in [4.69, 9.17) is 9.47 Å². The predicted octanol–water partition coefficient (Wildman–Crippen LogP) is 1.72. The summed E-state index contributed by atoms with van der Waals surface area (Å²) in [6.45, 7) is 5.67. The first-order valence-corrected chi connectivity index (χ1v) is 6.11. The molecule has 5 heteroatoms. The second-order valence-corrected chi connectivity index (χ2v) is 5.09. The monoisotopic (exact) mass is 247 g/mol. The summed E-state index contributed by atoms with van der Waals surface area (Å²) in [4.78, 5) is 8.93. The highest BCUT2D eigenvalue weighted by atomic mass is 16.5. The van der Waals surface area contributed by atoms with Crippen molar-refractivity contribution in [2.75, 3.05) is 20.3 Å². The minimum atomic E-state index is -0.0226. The van der Waals surface area contributed by atoms with Gasteiger partial charge in [-0.05, 0) is 13.3 Å². The molecule has 1 unspecified atom stereocenters. The van der Waals surface area contributed by atoms with Gasteiger partial charge in [0.15, 0.2) is 0 Å². The van der Waals surface area contributed by atoms with E-state index in [0.29, 0.717) is 5.88 Å². The molecule has 2 aromatic heterocycles. The third-order valence-corrected chi connectivity index (χ3v) is 3.56. The fourth-order valence-corrected chi connectivity index (χ4v) is 2.52. The van der Waals surface area contributed by atoms with Gasteiger partial charge in [0.2, 0.25) is 5.88 Å². The Morgan fingerprint density at radius 1 is 1.50 bits per heavy atom. The van der Waals surface area contributed by atoms with Crippen molar-refractivity contribution in [3.8, 4) is 5.88 Å². The van der Waals surface area contributed by atoms with Crippen LogP contribution >= 0.6 is 0 Å². The molecule has 0 aromatic carbocycles. The highest BCUT2D eigenvalue weighted by molar-refractivity contribution is 5.56. The van der Waals surface area contributed by atoms with Crippen LogP contribution in [0.1, 0.15) is 24.9 Å². The summed E-state index contributed by atoms with van der Waals surface area (Å²) in [6.07, 6.45) is 4.82. The highest BCUT2D eigenvalue weighted by Gasteiger charge is 2.35. The van der Waals surface area contributed by atoms with E-state index in [2.05, 4.69) is 21.3 Å². The molecule has 3 rings (SSSR count). The zero-order valence-corrected chi connectivity index (χ0v) is 10.9. The van der Waals surface area contributed by atoms with E-state index in [-0.39, 0.29) is 5.41 Å². The van der Waals surface area contributed by atoms with Gasteiger partial charge in [-0.2, -0.15) is 0 Å². The Morgan fingerprint density at radius 2 is 2.33 bits per heavy atom. The standard InChI is InChI=1S/C13H17N3O2/c1-9-7-16-10(11(15-9)17-3)6-14-12(16)13(2)4-5-18-8-13/h6-7H,4-5,8H2,1-3H3. The van der Waals surface area contributed by atoms with Crippen LogP contribution < -0.4 is 4.74 Å². The lowest BCUT2D eigenvalue weighted by atomic mass is 9.89. The molecule has 0 spiro atoms. The third kappa shape index (κ3) is 1.58. The van der Waals surface area contributed by atoms with Gasteiger partial charge in [-0.1, -0.05) is 6.92 Å². The SMILES string of the molecule is COc1nc(C)cn2c(C3(C)CCOC3)ncc12. The summed E-state index contributed by atoms with van der Waals surface area (Å²) in [5.74, 6) is 1.65. The molecule has 3 heterocycles. The normalized spacial score (nSPS) is 23.7. The number of methoxy groups -OCH3 is 1. The van der Waals surface area contributed by atoms with Crippen LogP contribution in [0.3, 0.4) is 0 Å². The molecule has 1 aliphatic rings. The average Bonchev–Trinajstić information content (AvgIpc) is 2.95. The number of aromatic nitrogens is 3. The van der Waals surface area contributed by atoms with Crippen molar-refractivity contribution in [1.82, 2.24) is 14.4 Å². The van der Waals surface area contributed by atoms with Crippen molar-refractivity contribution in [3.63, 3.8) is 0 Å². The predicted molar refractivity (Wildman–Crippen MR) is 67.1 cm³/mol. The number of imidazole rings is 1. The smallest absolute Gasteiger partial charge is 0.239 e. The molecule has 18 heavy (non-hydrogen) atoms. The molecule has 1 aliphatic heterocycles. The lowest BCUT2D eigenvalue weighted by Crippen LogP contribution is -2.25. The number of hydrogen-bond donors (Lipinski definition) is 0. The molecule has 5 nitrogen and oxygen atoms in total. The van der Waals surface area contributed by atoms with Crippen molar-refractivity contribution in [3.05, 3.63) is 23.9 Å². The maximum absolute atomic E-state index is 5.52. The van der Waals surface area contributed by atoms with E-state index in [1.54, 1.807) is 7.11 Å². The van der Waals surface area contributed by atoms with Gasteiger partial charge in [0.05, 0.1) is 31.0 Å². The second kappa shape index (κ2) is 3.95. The first-order chi connectivity index (χ1) is 8.64. The topological polar surface area (TPSA) is 48.7 Å². The van der Waals surface area contributed by atoms with Gasteiger partial charge in [-0.3, -0.25) is 4.40 Å². The Hall–Kier alpha value is -1.62. The molecule has 1 fully saturated rings. The zero-order valence-electron chi connectivity index (χ0n) is 10.9. The van der Waals surface area contributed by atoms with E-state index < -0.39 is 0 Å². The first kappa shape index (κ1) is 11.5. The lowest BCUT2D eigenvalue weighted by molar-refractivity contribution is 0.179. The summed E-state index contributed by atoms with van der Waals surface area (Å²) in [6, 6.07) is 0. The number of nitrogens with zero attached hydrogens (tertiary/aromatic N) is 3. The van der Waals surface area contributed by atoms with Gasteiger partial charge in [-0.25, -0.2) is 9.97 Å². The third-order valence-electron chi connectivity index (χ3n) is 3.56. The van der Waals surface area contributed by atoms with Crippen molar-refractivity contribution in [2.45, 2.75) is 25.7 Å². The maximum atomic E-state index is 5.52. The first-order valence-electron chi connectivity index (χ1n) is 6.11. The van der Waals surface area contributed by atoms with Crippen LogP contribution in [0.4, 0.5) is 0 Å². The molecule has 2 aromatic rings. The van der Waals surface area contributed by atoms with Gasteiger partial charge >= 0.3 is 0 Å². The van der Waals surface area contributed by atoms with Gasteiger partial charge in [0, 0.05) is 12.8 Å². The molecule has 0 radical (unpaired) electrons. The van der Waals surface area contributed by atoms with Gasteiger partial charge in [0.1, 0.15) is 11.3 Å². The summed E-state index contributed by atoms with van der Waals surface area (Å²) >= 11 is 0. The number of fused-ring (bicyclic) bond motifs is 1. The summed E-state index contributed by atoms with van der Waals surface area (Å²) in [7, 11) is 1.63. The van der Waals surface area contributed by atoms with E-state index >= 15 is 0 Å². The largest absolute Gasteiger partial charge is 0.479 e. The van der Waals surface area contributed by atoms with Gasteiger partial charge in [-0.15, -0.1) is 0 Å². The quantitative estimate of drug-likeness (QED) is 0.810. The summed E-state index contributed by atoms with van der Waals surface area (Å²) < 4.78 is 12.9. The molecular weight excluding hydrogens is 230 g/mol. The number of ether oxygens (including phenoxy) is 2. The van der Waals surface area contributed by atoms with Crippen LogP contribution in [0, 0.1) is 6.92 Å². The molecule has 0 aliphatic carbocycles. The Balaban J connectivity index is 2.22. The van der Waals surface area contributed by atoms with E-state index in [0.717, 1.165) is 36.7 Å². The van der Waals surface area contributed by atoms with Crippen LogP contribution in [-0.4, -0.2) is 34.7 Å². The molecule has 0 bridgehead atoms. The number of rotatable bonds is 2. The number of aryl methyl sites for hydroxylation is 1. The van der Waals surface area contributed by atoms with E-state index in [1.165, 1.54) is 0 Å². The Kier molecular flexibility index (Phi) is 2.52. The maximum Gasteiger partial charge on any atom is 0.239 e. The molecule has 1 atom stereocenters. The Bertz CT molecular complexity index is 585. The molecule has 0 saturated carbocycles. The summed E-state index contributed by atoms with van der Waals surface area (Å²) in [5, 5.41) is 0. The van der Waals surface area contributed by atoms with Crippen LogP contribution in [0.25, 0.3) is 5.52 Å². The fourth-order valence-electron chi connectivity index (χ4n) is 2.52. The van der Waals surface area contributed by atoms with Crippen LogP contribution in [-0.2, 0) is 10.2 Å². The van der Waals surface area contributed by atoms with E-state index in [9.17, 15) is 0 Å². The zero-order chi connectivity index (χ0) is 12.8. The molecule has 0 amide bonds. The van der Waals surface area contributed by atoms with Crippen molar-refractivity contribution in [1.29, 1.82) is 0 Å².